The molecule has 1 heterocycles. The zero-order chi connectivity index (χ0) is 14.7. The van der Waals surface area contributed by atoms with Crippen molar-refractivity contribution in [2.75, 3.05) is 6.54 Å². The molecule has 1 aromatic carbocycles. The average molecular weight is 292 g/mol. The quantitative estimate of drug-likeness (QED) is 0.843. The van der Waals surface area contributed by atoms with Gasteiger partial charge in [-0.3, -0.25) is 0 Å². The van der Waals surface area contributed by atoms with Gasteiger partial charge in [-0.25, -0.2) is 0 Å². The second-order valence-electron chi connectivity index (χ2n) is 5.20. The molecule has 0 fully saturated rings. The summed E-state index contributed by atoms with van der Waals surface area (Å²) < 4.78 is 5.78. The van der Waals surface area contributed by atoms with Gasteiger partial charge in [0.25, 0.3) is 0 Å². The van der Waals surface area contributed by atoms with Gasteiger partial charge in [-0.1, -0.05) is 30.7 Å². The number of nitrogens with one attached hydrogen (secondary N) is 1. The van der Waals surface area contributed by atoms with Crippen molar-refractivity contribution in [2.24, 2.45) is 0 Å². The minimum absolute atomic E-state index is 0.131. The molecule has 0 spiro atoms. The van der Waals surface area contributed by atoms with Crippen LogP contribution in [0.4, 0.5) is 0 Å². The van der Waals surface area contributed by atoms with Crippen LogP contribution < -0.4 is 5.32 Å². The first-order chi connectivity index (χ1) is 9.54. The minimum atomic E-state index is 0.131. The summed E-state index contributed by atoms with van der Waals surface area (Å²) in [5, 5.41) is 4.37. The number of halogens is 1. The maximum atomic E-state index is 6.14. The lowest BCUT2D eigenvalue weighted by molar-refractivity contribution is 0.493. The van der Waals surface area contributed by atoms with E-state index in [1.807, 2.05) is 32.0 Å². The van der Waals surface area contributed by atoms with Gasteiger partial charge in [0.15, 0.2) is 0 Å². The Bertz CT molecular complexity index is 589. The molecule has 0 aliphatic heterocycles. The smallest absolute Gasteiger partial charge is 0.106 e. The van der Waals surface area contributed by atoms with Crippen LogP contribution >= 0.6 is 11.6 Å². The van der Waals surface area contributed by atoms with Crippen molar-refractivity contribution in [1.82, 2.24) is 5.32 Å². The summed E-state index contributed by atoms with van der Waals surface area (Å²) in [5.41, 5.74) is 3.63. The van der Waals surface area contributed by atoms with Crippen LogP contribution in [-0.4, -0.2) is 6.54 Å². The molecular formula is C17H22ClNO. The van der Waals surface area contributed by atoms with E-state index in [1.165, 1.54) is 16.7 Å². The van der Waals surface area contributed by atoms with Crippen LogP contribution in [0.1, 0.15) is 47.6 Å². The summed E-state index contributed by atoms with van der Waals surface area (Å²) >= 11 is 6.14. The lowest BCUT2D eigenvalue weighted by Gasteiger charge is -2.20. The number of benzene rings is 1. The Kier molecular flexibility index (Phi) is 4.90. The fourth-order valence-corrected chi connectivity index (χ4v) is 2.79. The lowest BCUT2D eigenvalue weighted by Crippen LogP contribution is -2.24. The molecule has 0 radical (unpaired) electrons. The first-order valence-corrected chi connectivity index (χ1v) is 7.47. The third-order valence-electron chi connectivity index (χ3n) is 3.69. The Hall–Kier alpha value is -1.25. The molecular weight excluding hydrogens is 270 g/mol. The highest BCUT2D eigenvalue weighted by molar-refractivity contribution is 6.30. The molecule has 1 atom stereocenters. The summed E-state index contributed by atoms with van der Waals surface area (Å²) in [6.07, 6.45) is 1.09. The van der Waals surface area contributed by atoms with Crippen molar-refractivity contribution in [3.8, 4) is 0 Å². The van der Waals surface area contributed by atoms with Crippen LogP contribution in [0.25, 0.3) is 0 Å². The summed E-state index contributed by atoms with van der Waals surface area (Å²) in [5.74, 6) is 1.97. The van der Waals surface area contributed by atoms with Crippen molar-refractivity contribution in [3.05, 3.63) is 57.5 Å². The van der Waals surface area contributed by atoms with E-state index in [2.05, 4.69) is 25.2 Å². The minimum Gasteiger partial charge on any atom is -0.466 e. The summed E-state index contributed by atoms with van der Waals surface area (Å²) in [6.45, 7) is 9.29. The van der Waals surface area contributed by atoms with Crippen molar-refractivity contribution < 1.29 is 4.42 Å². The third-order valence-corrected chi connectivity index (χ3v) is 3.92. The van der Waals surface area contributed by atoms with E-state index in [9.17, 15) is 0 Å². The average Bonchev–Trinajstić information content (AvgIpc) is 2.66. The molecule has 1 unspecified atom stereocenters. The van der Waals surface area contributed by atoms with Crippen LogP contribution in [0.2, 0.25) is 5.02 Å². The van der Waals surface area contributed by atoms with E-state index in [1.54, 1.807) is 0 Å². The maximum Gasteiger partial charge on any atom is 0.106 e. The number of furan rings is 1. The second kappa shape index (κ2) is 6.47. The molecule has 108 valence electrons. The molecule has 2 nitrogen and oxygen atoms in total. The highest BCUT2D eigenvalue weighted by atomic mass is 35.5. The van der Waals surface area contributed by atoms with E-state index < -0.39 is 0 Å². The van der Waals surface area contributed by atoms with E-state index in [4.69, 9.17) is 16.0 Å². The molecule has 0 saturated carbocycles. The van der Waals surface area contributed by atoms with Gasteiger partial charge in [-0.2, -0.15) is 0 Å². The molecule has 2 aromatic rings. The molecule has 3 heteroatoms. The number of aryl methyl sites for hydroxylation is 2. The van der Waals surface area contributed by atoms with Crippen LogP contribution in [0.3, 0.4) is 0 Å². The molecule has 1 aromatic heterocycles. The summed E-state index contributed by atoms with van der Waals surface area (Å²) in [7, 11) is 0. The van der Waals surface area contributed by atoms with Gasteiger partial charge in [0, 0.05) is 10.6 Å². The van der Waals surface area contributed by atoms with Crippen LogP contribution in [0.5, 0.6) is 0 Å². The van der Waals surface area contributed by atoms with E-state index in [-0.39, 0.29) is 6.04 Å². The third kappa shape index (κ3) is 3.08. The molecule has 0 bridgehead atoms. The van der Waals surface area contributed by atoms with Crippen molar-refractivity contribution in [1.29, 1.82) is 0 Å². The molecule has 2 rings (SSSR count). The lowest BCUT2D eigenvalue weighted by atomic mass is 9.95. The van der Waals surface area contributed by atoms with Gasteiger partial charge in [-0.15, -0.1) is 0 Å². The Morgan fingerprint density at radius 3 is 2.50 bits per heavy atom. The van der Waals surface area contributed by atoms with E-state index >= 15 is 0 Å². The molecule has 1 N–H and O–H groups in total. The Labute approximate surface area is 126 Å². The van der Waals surface area contributed by atoms with Crippen LogP contribution in [-0.2, 0) is 0 Å². The Balaban J connectivity index is 2.47. The van der Waals surface area contributed by atoms with E-state index in [0.29, 0.717) is 0 Å². The fraction of sp³-hybridized carbons (Fsp3) is 0.412. The highest BCUT2D eigenvalue weighted by Gasteiger charge is 2.22. The summed E-state index contributed by atoms with van der Waals surface area (Å²) in [4.78, 5) is 0. The Morgan fingerprint density at radius 1 is 1.20 bits per heavy atom. The maximum absolute atomic E-state index is 6.14. The Morgan fingerprint density at radius 2 is 1.95 bits per heavy atom. The molecule has 0 aliphatic carbocycles. The predicted molar refractivity (Wildman–Crippen MR) is 84.5 cm³/mol. The van der Waals surface area contributed by atoms with Gasteiger partial charge in [-0.05, 0) is 57.0 Å². The van der Waals surface area contributed by atoms with E-state index in [0.717, 1.165) is 29.5 Å². The van der Waals surface area contributed by atoms with Gasteiger partial charge >= 0.3 is 0 Å². The second-order valence-corrected chi connectivity index (χ2v) is 5.63. The largest absolute Gasteiger partial charge is 0.466 e. The zero-order valence-corrected chi connectivity index (χ0v) is 13.3. The van der Waals surface area contributed by atoms with Gasteiger partial charge in [0.1, 0.15) is 11.5 Å². The van der Waals surface area contributed by atoms with Crippen LogP contribution in [0, 0.1) is 20.8 Å². The normalized spacial score (nSPS) is 12.7. The number of hydrogen-bond donors (Lipinski definition) is 1. The first kappa shape index (κ1) is 15.1. The topological polar surface area (TPSA) is 25.2 Å². The summed E-state index contributed by atoms with van der Waals surface area (Å²) in [6, 6.07) is 8.17. The van der Waals surface area contributed by atoms with Crippen molar-refractivity contribution >= 4 is 11.6 Å². The van der Waals surface area contributed by atoms with Crippen molar-refractivity contribution in [2.45, 2.75) is 40.2 Å². The van der Waals surface area contributed by atoms with Gasteiger partial charge < -0.3 is 9.73 Å². The van der Waals surface area contributed by atoms with Gasteiger partial charge in [0.2, 0.25) is 0 Å². The molecule has 0 saturated heterocycles. The fourth-order valence-electron chi connectivity index (χ4n) is 2.60. The molecule has 0 aliphatic rings. The molecule has 20 heavy (non-hydrogen) atoms. The highest BCUT2D eigenvalue weighted by Crippen LogP contribution is 2.32. The number of hydrogen-bond acceptors (Lipinski definition) is 2. The van der Waals surface area contributed by atoms with Crippen molar-refractivity contribution in [3.63, 3.8) is 0 Å². The SMILES string of the molecule is CCCNC(c1cccc(Cl)c1)c1c(C)oc(C)c1C. The van der Waals surface area contributed by atoms with Gasteiger partial charge in [0.05, 0.1) is 6.04 Å². The molecule has 0 amide bonds. The number of rotatable bonds is 5. The first-order valence-electron chi connectivity index (χ1n) is 7.10. The van der Waals surface area contributed by atoms with Crippen LogP contribution in [0.15, 0.2) is 28.7 Å². The predicted octanol–water partition coefficient (Wildman–Crippen LogP) is 4.95. The monoisotopic (exact) mass is 291 g/mol. The zero-order valence-electron chi connectivity index (χ0n) is 12.6. The standard InChI is InChI=1S/C17H22ClNO/c1-5-9-19-17(14-7-6-8-15(18)10-14)16-11(2)12(3)20-13(16)4/h6-8,10,17,19H,5,9H2,1-4H3.